The van der Waals surface area contributed by atoms with Crippen LogP contribution in [-0.4, -0.2) is 28.2 Å². The van der Waals surface area contributed by atoms with Crippen LogP contribution in [0.25, 0.3) is 0 Å². The Morgan fingerprint density at radius 3 is 2.58 bits per heavy atom. The molecule has 1 amide bonds. The number of aryl methyl sites for hydroxylation is 1. The van der Waals surface area contributed by atoms with Gasteiger partial charge in [0, 0.05) is 28.9 Å². The van der Waals surface area contributed by atoms with E-state index in [2.05, 4.69) is 15.0 Å². The number of nitrogens with one attached hydrogen (secondary N) is 1. The number of aromatic nitrogens is 2. The van der Waals surface area contributed by atoms with Crippen molar-refractivity contribution in [2.75, 3.05) is 11.9 Å². The van der Waals surface area contributed by atoms with Gasteiger partial charge in [0.05, 0.1) is 11.3 Å². The number of ether oxygens (including phenoxy) is 1. The van der Waals surface area contributed by atoms with Gasteiger partial charge in [0.15, 0.2) is 6.61 Å². The fraction of sp³-hybridized carbons (Fsp3) is 0.526. The highest BCUT2D eigenvalue weighted by Crippen LogP contribution is 2.38. The van der Waals surface area contributed by atoms with E-state index in [9.17, 15) is 9.59 Å². The normalized spacial score (nSPS) is 14.3. The number of hydrogen-bond acceptors (Lipinski definition) is 5. The van der Waals surface area contributed by atoms with Gasteiger partial charge in [-0.15, -0.1) is 0 Å². The van der Waals surface area contributed by atoms with Gasteiger partial charge in [-0.05, 0) is 32.8 Å². The molecule has 2 aromatic rings. The summed E-state index contributed by atoms with van der Waals surface area (Å²) in [5.74, 6) is -0.720. The van der Waals surface area contributed by atoms with Crippen molar-refractivity contribution >= 4 is 17.8 Å². The lowest BCUT2D eigenvalue weighted by Crippen LogP contribution is -2.21. The zero-order valence-corrected chi connectivity index (χ0v) is 15.9. The summed E-state index contributed by atoms with van der Waals surface area (Å²) in [6.45, 7) is 9.50. The number of carbonyl (C=O) groups excluding carboxylic acids is 2. The van der Waals surface area contributed by atoms with Crippen LogP contribution in [0.1, 0.15) is 67.1 Å². The van der Waals surface area contributed by atoms with E-state index in [-0.39, 0.29) is 17.9 Å². The third-order valence-electron chi connectivity index (χ3n) is 4.49. The van der Waals surface area contributed by atoms with Crippen LogP contribution < -0.4 is 5.32 Å². The van der Waals surface area contributed by atoms with Crippen molar-refractivity contribution < 1.29 is 18.8 Å². The van der Waals surface area contributed by atoms with Gasteiger partial charge < -0.3 is 13.8 Å². The predicted molar refractivity (Wildman–Crippen MR) is 96.3 cm³/mol. The van der Waals surface area contributed by atoms with Crippen LogP contribution in [0.3, 0.4) is 0 Å². The maximum atomic E-state index is 12.3. The summed E-state index contributed by atoms with van der Waals surface area (Å²) in [4.78, 5) is 24.3. The molecule has 0 bridgehead atoms. The average Bonchev–Trinajstić information content (AvgIpc) is 3.17. The van der Waals surface area contributed by atoms with E-state index in [1.165, 1.54) is 0 Å². The molecule has 1 fully saturated rings. The lowest BCUT2D eigenvalue weighted by Gasteiger charge is -2.12. The van der Waals surface area contributed by atoms with E-state index in [0.29, 0.717) is 11.6 Å². The highest BCUT2D eigenvalue weighted by Gasteiger charge is 2.29. The van der Waals surface area contributed by atoms with Gasteiger partial charge in [-0.25, -0.2) is 4.79 Å². The zero-order valence-electron chi connectivity index (χ0n) is 15.9. The second kappa shape index (κ2) is 6.63. The Balaban J connectivity index is 1.57. The molecule has 0 spiro atoms. The first kappa shape index (κ1) is 18.2. The third kappa shape index (κ3) is 3.81. The van der Waals surface area contributed by atoms with Crippen molar-refractivity contribution in [3.8, 4) is 0 Å². The minimum atomic E-state index is -0.492. The van der Waals surface area contributed by atoms with Crippen molar-refractivity contribution in [3.63, 3.8) is 0 Å². The molecular formula is C19H25N3O4. The first-order valence-electron chi connectivity index (χ1n) is 8.79. The molecule has 1 aliphatic carbocycles. The smallest absolute Gasteiger partial charge is 0.340 e. The van der Waals surface area contributed by atoms with Gasteiger partial charge in [0.25, 0.3) is 5.91 Å². The van der Waals surface area contributed by atoms with E-state index >= 15 is 0 Å². The van der Waals surface area contributed by atoms with Crippen LogP contribution in [0.2, 0.25) is 0 Å². The second-order valence-corrected chi connectivity index (χ2v) is 7.84. The lowest BCUT2D eigenvalue weighted by molar-refractivity contribution is -0.119. The Morgan fingerprint density at radius 2 is 2.00 bits per heavy atom. The van der Waals surface area contributed by atoms with Crippen LogP contribution in [0.4, 0.5) is 5.88 Å². The molecule has 0 unspecified atom stereocenters. The minimum absolute atomic E-state index is 0.178. The molecule has 1 N–H and O–H groups in total. The molecule has 0 radical (unpaired) electrons. The summed E-state index contributed by atoms with van der Waals surface area (Å²) in [7, 11) is 0. The summed E-state index contributed by atoms with van der Waals surface area (Å²) in [6, 6.07) is 3.98. The Kier molecular flexibility index (Phi) is 4.64. The van der Waals surface area contributed by atoms with Crippen molar-refractivity contribution in [3.05, 3.63) is 34.8 Å². The van der Waals surface area contributed by atoms with E-state index in [1.54, 1.807) is 6.07 Å². The lowest BCUT2D eigenvalue weighted by atomic mass is 9.92. The molecule has 26 heavy (non-hydrogen) atoms. The first-order chi connectivity index (χ1) is 12.2. The van der Waals surface area contributed by atoms with Crippen LogP contribution in [0.15, 0.2) is 16.7 Å². The van der Waals surface area contributed by atoms with Gasteiger partial charge in [-0.2, -0.15) is 0 Å². The van der Waals surface area contributed by atoms with Crippen molar-refractivity contribution in [2.45, 2.75) is 58.9 Å². The zero-order chi connectivity index (χ0) is 19.1. The van der Waals surface area contributed by atoms with Crippen molar-refractivity contribution in [1.82, 2.24) is 9.72 Å². The van der Waals surface area contributed by atoms with Gasteiger partial charge in [-0.1, -0.05) is 25.9 Å². The van der Waals surface area contributed by atoms with Gasteiger partial charge in [-0.3, -0.25) is 10.1 Å². The van der Waals surface area contributed by atoms with E-state index in [4.69, 9.17) is 9.26 Å². The highest BCUT2D eigenvalue weighted by atomic mass is 16.5. The summed E-state index contributed by atoms with van der Waals surface area (Å²) >= 11 is 0. The Labute approximate surface area is 152 Å². The van der Waals surface area contributed by atoms with Crippen LogP contribution in [0.5, 0.6) is 0 Å². The van der Waals surface area contributed by atoms with Gasteiger partial charge >= 0.3 is 5.97 Å². The van der Waals surface area contributed by atoms with Crippen molar-refractivity contribution in [2.24, 2.45) is 0 Å². The molecule has 0 aromatic carbocycles. The van der Waals surface area contributed by atoms with Crippen LogP contribution in [-0.2, 0) is 14.9 Å². The molecule has 0 atom stereocenters. The molecule has 1 saturated carbocycles. The number of amides is 1. The number of hydrogen-bond donors (Lipinski definition) is 1. The number of anilines is 1. The van der Waals surface area contributed by atoms with Crippen LogP contribution in [0, 0.1) is 13.8 Å². The molecule has 0 saturated heterocycles. The fourth-order valence-corrected chi connectivity index (χ4v) is 2.95. The van der Waals surface area contributed by atoms with E-state index in [0.717, 1.165) is 29.9 Å². The fourth-order valence-electron chi connectivity index (χ4n) is 2.95. The SMILES string of the molecule is Cc1cc(C(=O)OCC(=O)Nc2cc(C(C)(C)C)no2)c(C)n1C1CC1. The first-order valence-corrected chi connectivity index (χ1v) is 8.79. The van der Waals surface area contributed by atoms with E-state index < -0.39 is 11.9 Å². The van der Waals surface area contributed by atoms with E-state index in [1.807, 2.05) is 40.7 Å². The van der Waals surface area contributed by atoms with Crippen molar-refractivity contribution in [1.29, 1.82) is 0 Å². The predicted octanol–water partition coefficient (Wildman–Crippen LogP) is 3.52. The molecule has 3 rings (SSSR count). The number of nitrogens with zero attached hydrogens (tertiary/aromatic N) is 2. The largest absolute Gasteiger partial charge is 0.452 e. The molecule has 7 heteroatoms. The second-order valence-electron chi connectivity index (χ2n) is 7.84. The Morgan fingerprint density at radius 1 is 1.31 bits per heavy atom. The molecule has 0 aliphatic heterocycles. The Hall–Kier alpha value is -2.57. The Bertz CT molecular complexity index is 838. The third-order valence-corrected chi connectivity index (χ3v) is 4.49. The highest BCUT2D eigenvalue weighted by molar-refractivity contribution is 5.95. The number of rotatable bonds is 5. The summed E-state index contributed by atoms with van der Waals surface area (Å²) in [6.07, 6.45) is 2.28. The summed E-state index contributed by atoms with van der Waals surface area (Å²) < 4.78 is 12.4. The van der Waals surface area contributed by atoms with Crippen LogP contribution >= 0.6 is 0 Å². The van der Waals surface area contributed by atoms with Gasteiger partial charge in [0.2, 0.25) is 5.88 Å². The molecule has 7 nitrogen and oxygen atoms in total. The quantitative estimate of drug-likeness (QED) is 0.826. The molecule has 2 heterocycles. The molecule has 2 aromatic heterocycles. The standard InChI is InChI=1S/C19H25N3O4/c1-11-8-14(12(2)22(11)13-6-7-13)18(24)25-10-16(23)20-17-9-15(21-26-17)19(3,4)5/h8-9,13H,6-7,10H2,1-5H3,(H,20,23). The average molecular weight is 359 g/mol. The monoisotopic (exact) mass is 359 g/mol. The van der Waals surface area contributed by atoms with Gasteiger partial charge in [0.1, 0.15) is 0 Å². The minimum Gasteiger partial charge on any atom is -0.452 e. The summed E-state index contributed by atoms with van der Waals surface area (Å²) in [5, 5.41) is 6.48. The summed E-state index contributed by atoms with van der Waals surface area (Å²) in [5.41, 5.74) is 3.00. The topological polar surface area (TPSA) is 86.4 Å². The molecule has 140 valence electrons. The maximum Gasteiger partial charge on any atom is 0.340 e. The molecule has 1 aliphatic rings. The molecular weight excluding hydrogens is 334 g/mol. The number of esters is 1. The maximum absolute atomic E-state index is 12.3. The number of carbonyl (C=O) groups is 2.